The minimum Gasteiger partial charge on any atom is -0.456 e. The first kappa shape index (κ1) is 19.9. The minimum atomic E-state index is -0.633. The molecule has 0 N–H and O–H groups in total. The van der Waals surface area contributed by atoms with Gasteiger partial charge in [-0.3, -0.25) is 4.90 Å². The average Bonchev–Trinajstić information content (AvgIpc) is 3.03. The molecule has 0 unspecified atom stereocenters. The van der Waals surface area contributed by atoms with Crippen LogP contribution < -0.4 is 4.90 Å². The molecule has 0 saturated carbocycles. The quantitative estimate of drug-likeness (QED) is 0.362. The van der Waals surface area contributed by atoms with Crippen molar-refractivity contribution in [2.45, 2.75) is 26.4 Å². The summed E-state index contributed by atoms with van der Waals surface area (Å²) in [6, 6.07) is 14.2. The molecule has 30 heavy (non-hydrogen) atoms. The summed E-state index contributed by atoms with van der Waals surface area (Å²) in [5.74, 6) is -1.26. The summed E-state index contributed by atoms with van der Waals surface area (Å²) < 4.78 is 38.7. The van der Waals surface area contributed by atoms with E-state index in [9.17, 15) is 13.6 Å². The Balaban J connectivity index is 1.74. The molecule has 0 saturated heterocycles. The lowest BCUT2D eigenvalue weighted by Crippen LogP contribution is -2.34. The number of carbonyl (C=O) groups is 1. The summed E-state index contributed by atoms with van der Waals surface area (Å²) in [4.78, 5) is 13.8. The number of nitrogens with zero attached hydrogens (tertiary/aromatic N) is 1. The van der Waals surface area contributed by atoms with Crippen molar-refractivity contribution >= 4 is 33.7 Å². The largest absolute Gasteiger partial charge is 0.456 e. The first-order chi connectivity index (χ1) is 14.1. The Kier molecular flexibility index (Phi) is 4.73. The fourth-order valence-electron chi connectivity index (χ4n) is 3.30. The lowest BCUT2D eigenvalue weighted by molar-refractivity contribution is 0.0589. The zero-order valence-electron chi connectivity index (χ0n) is 17.1. The molecular formula is C24H21F2NO3. The number of anilines is 1. The van der Waals surface area contributed by atoms with Crippen LogP contribution in [0.25, 0.3) is 33.1 Å². The topological polar surface area (TPSA) is 42.7 Å². The number of carbonyl (C=O) groups excluding carboxylic acids is 1. The molecule has 0 bridgehead atoms. The molecule has 0 aliphatic rings. The highest BCUT2D eigenvalue weighted by Crippen LogP contribution is 2.35. The second-order valence-electron chi connectivity index (χ2n) is 8.16. The molecule has 1 heterocycles. The van der Waals surface area contributed by atoms with Crippen LogP contribution in [-0.2, 0) is 4.74 Å². The molecule has 0 aliphatic heterocycles. The standard InChI is InChI=1S/C24H21F2NO3/c1-24(2,3)30-23(28)27(4)16-7-10-21-19(13-16)18-8-5-14(11-22(18)29-21)17-9-6-15(25)12-20(17)26/h5-13H,1-4H3. The van der Waals surface area contributed by atoms with Crippen LogP contribution in [0.5, 0.6) is 0 Å². The third-order valence-electron chi connectivity index (χ3n) is 4.75. The maximum absolute atomic E-state index is 14.2. The van der Waals surface area contributed by atoms with Crippen molar-refractivity contribution in [2.75, 3.05) is 11.9 Å². The number of rotatable bonds is 2. The Bertz CT molecular complexity index is 1270. The zero-order chi connectivity index (χ0) is 21.6. The number of furan rings is 1. The molecule has 4 nitrogen and oxygen atoms in total. The van der Waals surface area contributed by atoms with Crippen molar-refractivity contribution in [1.82, 2.24) is 0 Å². The van der Waals surface area contributed by atoms with E-state index in [0.29, 0.717) is 28.0 Å². The maximum Gasteiger partial charge on any atom is 0.414 e. The van der Waals surface area contributed by atoms with Crippen LogP contribution in [0.3, 0.4) is 0 Å². The van der Waals surface area contributed by atoms with Gasteiger partial charge in [-0.25, -0.2) is 13.6 Å². The van der Waals surface area contributed by atoms with Gasteiger partial charge in [-0.05, 0) is 68.8 Å². The second kappa shape index (κ2) is 7.13. The van der Waals surface area contributed by atoms with Gasteiger partial charge in [0.25, 0.3) is 0 Å². The molecule has 1 aromatic heterocycles. The molecule has 0 aliphatic carbocycles. The highest BCUT2D eigenvalue weighted by Gasteiger charge is 2.21. The van der Waals surface area contributed by atoms with Crippen molar-refractivity contribution in [3.63, 3.8) is 0 Å². The van der Waals surface area contributed by atoms with E-state index in [0.717, 1.165) is 16.8 Å². The lowest BCUT2D eigenvalue weighted by atomic mass is 10.0. The number of hydrogen-bond acceptors (Lipinski definition) is 3. The Morgan fingerprint density at radius 2 is 1.70 bits per heavy atom. The molecule has 4 aromatic rings. The summed E-state index contributed by atoms with van der Waals surface area (Å²) in [6.45, 7) is 5.44. The van der Waals surface area contributed by atoms with Crippen molar-refractivity contribution < 1.29 is 22.7 Å². The molecular weight excluding hydrogens is 388 g/mol. The van der Waals surface area contributed by atoms with E-state index >= 15 is 0 Å². The van der Waals surface area contributed by atoms with Gasteiger partial charge in [-0.15, -0.1) is 0 Å². The van der Waals surface area contributed by atoms with Crippen LogP contribution >= 0.6 is 0 Å². The van der Waals surface area contributed by atoms with E-state index in [1.54, 1.807) is 31.3 Å². The van der Waals surface area contributed by atoms with Crippen molar-refractivity contribution in [2.24, 2.45) is 0 Å². The predicted octanol–water partition coefficient (Wildman–Crippen LogP) is 6.90. The van der Waals surface area contributed by atoms with Gasteiger partial charge in [0.1, 0.15) is 28.4 Å². The van der Waals surface area contributed by atoms with Crippen LogP contribution in [0.15, 0.2) is 59.0 Å². The first-order valence-electron chi connectivity index (χ1n) is 9.51. The molecule has 0 spiro atoms. The van der Waals surface area contributed by atoms with Crippen LogP contribution in [-0.4, -0.2) is 18.7 Å². The normalized spacial score (nSPS) is 11.8. The number of benzene rings is 3. The number of halogens is 2. The van der Waals surface area contributed by atoms with E-state index in [-0.39, 0.29) is 0 Å². The van der Waals surface area contributed by atoms with Crippen LogP contribution in [0, 0.1) is 11.6 Å². The van der Waals surface area contributed by atoms with Crippen molar-refractivity contribution in [1.29, 1.82) is 0 Å². The molecule has 154 valence electrons. The molecule has 4 rings (SSSR count). The van der Waals surface area contributed by atoms with E-state index in [4.69, 9.17) is 9.15 Å². The van der Waals surface area contributed by atoms with E-state index in [2.05, 4.69) is 0 Å². The fraction of sp³-hybridized carbons (Fsp3) is 0.208. The Morgan fingerprint density at radius 1 is 0.933 bits per heavy atom. The first-order valence-corrected chi connectivity index (χ1v) is 9.51. The fourth-order valence-corrected chi connectivity index (χ4v) is 3.30. The smallest absolute Gasteiger partial charge is 0.414 e. The Hall–Kier alpha value is -3.41. The summed E-state index contributed by atoms with van der Waals surface area (Å²) in [5, 5.41) is 1.65. The van der Waals surface area contributed by atoms with Crippen LogP contribution in [0.2, 0.25) is 0 Å². The molecule has 0 fully saturated rings. The molecule has 0 radical (unpaired) electrons. The highest BCUT2D eigenvalue weighted by molar-refractivity contribution is 6.07. The van der Waals surface area contributed by atoms with Gasteiger partial charge in [-0.1, -0.05) is 6.07 Å². The summed E-state index contributed by atoms with van der Waals surface area (Å²) >= 11 is 0. The predicted molar refractivity (Wildman–Crippen MR) is 114 cm³/mol. The van der Waals surface area contributed by atoms with Gasteiger partial charge in [0.15, 0.2) is 0 Å². The molecule has 6 heteroatoms. The summed E-state index contributed by atoms with van der Waals surface area (Å²) in [5.41, 5.74) is 2.16. The number of fused-ring (bicyclic) bond motifs is 3. The summed E-state index contributed by atoms with van der Waals surface area (Å²) in [7, 11) is 1.65. The van der Waals surface area contributed by atoms with Gasteiger partial charge < -0.3 is 9.15 Å². The van der Waals surface area contributed by atoms with Gasteiger partial charge >= 0.3 is 6.09 Å². The van der Waals surface area contributed by atoms with E-state index in [1.165, 1.54) is 17.0 Å². The van der Waals surface area contributed by atoms with Gasteiger partial charge in [0.2, 0.25) is 0 Å². The van der Waals surface area contributed by atoms with Crippen molar-refractivity contribution in [3.05, 3.63) is 66.2 Å². The number of ether oxygens (including phenoxy) is 1. The molecule has 1 amide bonds. The minimum absolute atomic E-state index is 0.295. The molecule has 0 atom stereocenters. The highest BCUT2D eigenvalue weighted by atomic mass is 19.1. The zero-order valence-corrected chi connectivity index (χ0v) is 17.1. The van der Waals surface area contributed by atoms with E-state index in [1.807, 2.05) is 32.9 Å². The van der Waals surface area contributed by atoms with Crippen LogP contribution in [0.1, 0.15) is 20.8 Å². The van der Waals surface area contributed by atoms with Gasteiger partial charge in [0.05, 0.1) is 0 Å². The Morgan fingerprint density at radius 3 is 2.40 bits per heavy atom. The monoisotopic (exact) mass is 409 g/mol. The van der Waals surface area contributed by atoms with Crippen molar-refractivity contribution in [3.8, 4) is 11.1 Å². The lowest BCUT2D eigenvalue weighted by Gasteiger charge is -2.24. The maximum atomic E-state index is 14.2. The average molecular weight is 409 g/mol. The summed E-state index contributed by atoms with van der Waals surface area (Å²) in [6.07, 6.45) is -0.455. The third-order valence-corrected chi connectivity index (χ3v) is 4.75. The number of hydrogen-bond donors (Lipinski definition) is 0. The number of amides is 1. The van der Waals surface area contributed by atoms with Gasteiger partial charge in [0, 0.05) is 35.1 Å². The van der Waals surface area contributed by atoms with Gasteiger partial charge in [-0.2, -0.15) is 0 Å². The Labute approximate surface area is 172 Å². The molecule has 3 aromatic carbocycles. The third kappa shape index (κ3) is 3.73. The van der Waals surface area contributed by atoms with E-state index < -0.39 is 23.3 Å². The van der Waals surface area contributed by atoms with Crippen LogP contribution in [0.4, 0.5) is 19.3 Å². The second-order valence-corrected chi connectivity index (χ2v) is 8.16. The SMILES string of the molecule is CN(C(=O)OC(C)(C)C)c1ccc2oc3cc(-c4ccc(F)cc4F)ccc3c2c1.